The van der Waals surface area contributed by atoms with Crippen molar-refractivity contribution in [1.82, 2.24) is 10.5 Å². The van der Waals surface area contributed by atoms with Crippen molar-refractivity contribution in [3.8, 4) is 0 Å². The van der Waals surface area contributed by atoms with Crippen LogP contribution in [0.1, 0.15) is 54.0 Å². The molecular weight excluding hydrogens is 306 g/mol. The molecule has 1 aliphatic heterocycles. The molecule has 0 spiro atoms. The van der Waals surface area contributed by atoms with E-state index in [1.807, 2.05) is 45.9 Å². The number of amides is 2. The summed E-state index contributed by atoms with van der Waals surface area (Å²) in [6, 6.07) is 5.63. The van der Waals surface area contributed by atoms with Crippen LogP contribution >= 0.6 is 0 Å². The number of aromatic nitrogens is 1. The second kappa shape index (κ2) is 6.11. The average molecular weight is 327 g/mol. The Balaban J connectivity index is 1.73. The van der Waals surface area contributed by atoms with Crippen LogP contribution in [-0.2, 0) is 16.0 Å². The maximum absolute atomic E-state index is 12.6. The van der Waals surface area contributed by atoms with Gasteiger partial charge in [-0.25, -0.2) is 0 Å². The smallest absolute Gasteiger partial charge is 0.228 e. The van der Waals surface area contributed by atoms with Gasteiger partial charge in [0.1, 0.15) is 5.76 Å². The van der Waals surface area contributed by atoms with Gasteiger partial charge in [-0.05, 0) is 44.9 Å². The number of benzene rings is 1. The van der Waals surface area contributed by atoms with Crippen molar-refractivity contribution in [2.24, 2.45) is 0 Å². The van der Waals surface area contributed by atoms with E-state index in [1.165, 1.54) is 0 Å². The number of anilines is 1. The standard InChI is InChI=1S/C18H21N3O3/c1-9(17-11(3)21-24-12(17)4)18(23)19-10(2)13-5-6-15-14(7-13)8-16(22)20-15/h5-7,9-10H,8H2,1-4H3,(H,19,23)(H,20,22). The van der Waals surface area contributed by atoms with Crippen LogP contribution in [0.15, 0.2) is 22.7 Å². The summed E-state index contributed by atoms with van der Waals surface area (Å²) in [7, 11) is 0. The highest BCUT2D eigenvalue weighted by Crippen LogP contribution is 2.28. The first kappa shape index (κ1) is 16.2. The lowest BCUT2D eigenvalue weighted by Gasteiger charge is -2.18. The molecule has 2 aromatic rings. The van der Waals surface area contributed by atoms with E-state index >= 15 is 0 Å². The van der Waals surface area contributed by atoms with Crippen molar-refractivity contribution >= 4 is 17.5 Å². The normalized spacial score (nSPS) is 15.6. The van der Waals surface area contributed by atoms with Gasteiger partial charge in [0.05, 0.1) is 24.1 Å². The Morgan fingerprint density at radius 2 is 2.08 bits per heavy atom. The number of aryl methyl sites for hydroxylation is 2. The van der Waals surface area contributed by atoms with E-state index in [2.05, 4.69) is 15.8 Å². The maximum atomic E-state index is 12.6. The Morgan fingerprint density at radius 1 is 1.33 bits per heavy atom. The first-order valence-corrected chi connectivity index (χ1v) is 8.02. The molecule has 0 fully saturated rings. The van der Waals surface area contributed by atoms with Crippen molar-refractivity contribution < 1.29 is 14.1 Å². The number of carbonyl (C=O) groups excluding carboxylic acids is 2. The average Bonchev–Trinajstić information content (AvgIpc) is 3.06. The molecule has 2 atom stereocenters. The summed E-state index contributed by atoms with van der Waals surface area (Å²) in [5.74, 6) is 0.263. The summed E-state index contributed by atoms with van der Waals surface area (Å²) < 4.78 is 5.15. The summed E-state index contributed by atoms with van der Waals surface area (Å²) in [5, 5.41) is 9.75. The van der Waals surface area contributed by atoms with Crippen molar-refractivity contribution in [1.29, 1.82) is 0 Å². The van der Waals surface area contributed by atoms with Gasteiger partial charge >= 0.3 is 0 Å². The van der Waals surface area contributed by atoms with Gasteiger partial charge < -0.3 is 15.2 Å². The molecule has 126 valence electrons. The molecule has 3 rings (SSSR count). The predicted octanol–water partition coefficient (Wildman–Crippen LogP) is 2.77. The highest BCUT2D eigenvalue weighted by molar-refractivity contribution is 5.99. The zero-order valence-corrected chi connectivity index (χ0v) is 14.3. The predicted molar refractivity (Wildman–Crippen MR) is 89.7 cm³/mol. The quantitative estimate of drug-likeness (QED) is 0.904. The van der Waals surface area contributed by atoms with Crippen molar-refractivity contribution in [3.05, 3.63) is 46.3 Å². The fraction of sp³-hybridized carbons (Fsp3) is 0.389. The minimum atomic E-state index is -0.337. The minimum Gasteiger partial charge on any atom is -0.361 e. The molecule has 1 aliphatic rings. The summed E-state index contributed by atoms with van der Waals surface area (Å²) in [6.45, 7) is 7.43. The minimum absolute atomic E-state index is 0.00543. The van der Waals surface area contributed by atoms with Crippen molar-refractivity contribution in [2.45, 2.75) is 46.1 Å². The molecular formula is C18H21N3O3. The Hall–Kier alpha value is -2.63. The molecule has 0 radical (unpaired) electrons. The number of hydrogen-bond donors (Lipinski definition) is 2. The van der Waals surface area contributed by atoms with Gasteiger partial charge in [-0.2, -0.15) is 0 Å². The maximum Gasteiger partial charge on any atom is 0.228 e. The van der Waals surface area contributed by atoms with Crippen LogP contribution < -0.4 is 10.6 Å². The zero-order chi connectivity index (χ0) is 17.4. The lowest BCUT2D eigenvalue weighted by atomic mass is 9.97. The Bertz CT molecular complexity index is 790. The van der Waals surface area contributed by atoms with Crippen LogP contribution in [0.4, 0.5) is 5.69 Å². The molecule has 1 aromatic carbocycles. The third kappa shape index (κ3) is 2.91. The zero-order valence-electron chi connectivity index (χ0n) is 14.3. The molecule has 0 saturated heterocycles. The molecule has 24 heavy (non-hydrogen) atoms. The fourth-order valence-corrected chi connectivity index (χ4v) is 3.18. The summed E-state index contributed by atoms with van der Waals surface area (Å²) in [5.41, 5.74) is 4.38. The molecule has 6 nitrogen and oxygen atoms in total. The number of nitrogens with zero attached hydrogens (tertiary/aromatic N) is 1. The summed E-state index contributed by atoms with van der Waals surface area (Å²) in [6.07, 6.45) is 0.388. The SMILES string of the molecule is Cc1noc(C)c1C(C)C(=O)NC(C)c1ccc2c(c1)CC(=O)N2. The van der Waals surface area contributed by atoms with Crippen molar-refractivity contribution in [3.63, 3.8) is 0 Å². The van der Waals surface area contributed by atoms with E-state index in [0.29, 0.717) is 12.2 Å². The van der Waals surface area contributed by atoms with E-state index in [9.17, 15) is 9.59 Å². The van der Waals surface area contributed by atoms with Crippen LogP contribution in [0.5, 0.6) is 0 Å². The van der Waals surface area contributed by atoms with Gasteiger partial charge in [-0.3, -0.25) is 9.59 Å². The number of hydrogen-bond acceptors (Lipinski definition) is 4. The Labute approximate surface area is 140 Å². The van der Waals surface area contributed by atoms with E-state index in [4.69, 9.17) is 4.52 Å². The summed E-state index contributed by atoms with van der Waals surface area (Å²) in [4.78, 5) is 24.0. The lowest BCUT2D eigenvalue weighted by Crippen LogP contribution is -2.31. The van der Waals surface area contributed by atoms with Crippen LogP contribution in [-0.4, -0.2) is 17.0 Å². The monoisotopic (exact) mass is 327 g/mol. The van der Waals surface area contributed by atoms with E-state index in [1.54, 1.807) is 0 Å². The second-order valence-electron chi connectivity index (χ2n) is 6.33. The van der Waals surface area contributed by atoms with Crippen LogP contribution in [0.25, 0.3) is 0 Å². The number of rotatable bonds is 4. The lowest BCUT2D eigenvalue weighted by molar-refractivity contribution is -0.123. The molecule has 2 amide bonds. The first-order valence-electron chi connectivity index (χ1n) is 8.02. The fourth-order valence-electron chi connectivity index (χ4n) is 3.18. The molecule has 1 aromatic heterocycles. The van der Waals surface area contributed by atoms with Gasteiger partial charge in [0.25, 0.3) is 0 Å². The summed E-state index contributed by atoms with van der Waals surface area (Å²) >= 11 is 0. The van der Waals surface area contributed by atoms with Gasteiger partial charge in [0.2, 0.25) is 11.8 Å². The van der Waals surface area contributed by atoms with E-state index in [0.717, 1.165) is 28.1 Å². The third-order valence-corrected chi connectivity index (χ3v) is 4.53. The molecule has 2 heterocycles. The molecule has 0 aliphatic carbocycles. The number of carbonyl (C=O) groups is 2. The highest BCUT2D eigenvalue weighted by Gasteiger charge is 2.25. The number of fused-ring (bicyclic) bond motifs is 1. The van der Waals surface area contributed by atoms with Gasteiger partial charge in [0.15, 0.2) is 0 Å². The Morgan fingerprint density at radius 3 is 2.75 bits per heavy atom. The molecule has 6 heteroatoms. The van der Waals surface area contributed by atoms with Gasteiger partial charge in [-0.1, -0.05) is 17.3 Å². The van der Waals surface area contributed by atoms with Gasteiger partial charge in [0, 0.05) is 11.3 Å². The highest BCUT2D eigenvalue weighted by atomic mass is 16.5. The molecule has 0 bridgehead atoms. The Kier molecular flexibility index (Phi) is 4.13. The topological polar surface area (TPSA) is 84.2 Å². The first-order chi connectivity index (χ1) is 11.4. The molecule has 2 unspecified atom stereocenters. The van der Waals surface area contributed by atoms with Crippen LogP contribution in [0, 0.1) is 13.8 Å². The van der Waals surface area contributed by atoms with Crippen molar-refractivity contribution in [2.75, 3.05) is 5.32 Å². The largest absolute Gasteiger partial charge is 0.361 e. The number of nitrogens with one attached hydrogen (secondary N) is 2. The third-order valence-electron chi connectivity index (χ3n) is 4.53. The van der Waals surface area contributed by atoms with E-state index in [-0.39, 0.29) is 23.8 Å². The van der Waals surface area contributed by atoms with Crippen LogP contribution in [0.2, 0.25) is 0 Å². The molecule has 2 N–H and O–H groups in total. The second-order valence-corrected chi connectivity index (χ2v) is 6.33. The van der Waals surface area contributed by atoms with E-state index < -0.39 is 0 Å². The van der Waals surface area contributed by atoms with Gasteiger partial charge in [-0.15, -0.1) is 0 Å². The molecule has 0 saturated carbocycles. The van der Waals surface area contributed by atoms with Crippen LogP contribution in [0.3, 0.4) is 0 Å².